The number of carbonyl (C=O) groups is 1. The minimum atomic E-state index is -0.178. The predicted molar refractivity (Wildman–Crippen MR) is 56.0 cm³/mol. The number of methoxy groups -OCH3 is 1. The van der Waals surface area contributed by atoms with E-state index >= 15 is 0 Å². The van der Waals surface area contributed by atoms with E-state index in [9.17, 15) is 4.79 Å². The summed E-state index contributed by atoms with van der Waals surface area (Å²) in [6.45, 7) is 10.2. The molecule has 0 radical (unpaired) electrons. The molecule has 0 aromatic carbocycles. The third-order valence-electron chi connectivity index (χ3n) is 2.01. The number of rotatable bonds is 4. The normalized spacial score (nSPS) is 14.2. The highest BCUT2D eigenvalue weighted by Gasteiger charge is 2.28. The number of ether oxygens (including phenoxy) is 2. The van der Waals surface area contributed by atoms with Gasteiger partial charge in [-0.05, 0) is 0 Å². The monoisotopic (exact) mass is 202 g/mol. The molecule has 0 aliphatic carbocycles. The molecule has 0 aromatic rings. The third kappa shape index (κ3) is 4.61. The average molecular weight is 202 g/mol. The van der Waals surface area contributed by atoms with Crippen LogP contribution in [0, 0.1) is 11.3 Å². The summed E-state index contributed by atoms with van der Waals surface area (Å²) < 4.78 is 10.4. The van der Waals surface area contributed by atoms with E-state index in [1.807, 2.05) is 34.6 Å². The van der Waals surface area contributed by atoms with E-state index in [-0.39, 0.29) is 23.4 Å². The van der Waals surface area contributed by atoms with Gasteiger partial charge in [0.15, 0.2) is 0 Å². The van der Waals surface area contributed by atoms with Gasteiger partial charge in [0.2, 0.25) is 0 Å². The lowest BCUT2D eigenvalue weighted by molar-refractivity contribution is -0.162. The molecule has 1 atom stereocenters. The van der Waals surface area contributed by atoms with Crippen molar-refractivity contribution in [3.63, 3.8) is 0 Å². The van der Waals surface area contributed by atoms with Crippen LogP contribution in [-0.2, 0) is 14.3 Å². The van der Waals surface area contributed by atoms with E-state index in [0.29, 0.717) is 6.61 Å². The fourth-order valence-electron chi connectivity index (χ4n) is 0.888. The van der Waals surface area contributed by atoms with Gasteiger partial charge in [0, 0.05) is 12.5 Å². The minimum absolute atomic E-state index is 0.0828. The molecule has 0 aromatic heterocycles. The summed E-state index contributed by atoms with van der Waals surface area (Å²) in [5.41, 5.74) is -0.0828. The first-order valence-corrected chi connectivity index (χ1v) is 4.98. The maximum atomic E-state index is 11.4. The molecule has 0 saturated heterocycles. The van der Waals surface area contributed by atoms with Crippen molar-refractivity contribution >= 4 is 5.97 Å². The first kappa shape index (κ1) is 13.4. The lowest BCUT2D eigenvalue weighted by atomic mass is 9.89. The highest BCUT2D eigenvalue weighted by Crippen LogP contribution is 2.23. The third-order valence-corrected chi connectivity index (χ3v) is 2.01. The summed E-state index contributed by atoms with van der Waals surface area (Å²) in [4.78, 5) is 11.4. The molecule has 0 N–H and O–H groups in total. The molecule has 0 rings (SSSR count). The molecule has 3 heteroatoms. The smallest absolute Gasteiger partial charge is 0.308 e. The van der Waals surface area contributed by atoms with Crippen molar-refractivity contribution in [3.8, 4) is 0 Å². The second-order valence-electron chi connectivity index (χ2n) is 4.90. The van der Waals surface area contributed by atoms with Crippen LogP contribution in [0.4, 0.5) is 0 Å². The van der Waals surface area contributed by atoms with Crippen molar-refractivity contribution in [2.24, 2.45) is 11.3 Å². The van der Waals surface area contributed by atoms with E-state index in [1.54, 1.807) is 7.11 Å². The quantitative estimate of drug-likeness (QED) is 0.656. The van der Waals surface area contributed by atoms with E-state index < -0.39 is 0 Å². The van der Waals surface area contributed by atoms with Crippen molar-refractivity contribution in [2.75, 3.05) is 13.7 Å². The van der Waals surface area contributed by atoms with Crippen LogP contribution in [-0.4, -0.2) is 25.8 Å². The highest BCUT2D eigenvalue weighted by molar-refractivity contribution is 5.71. The molecule has 0 amide bonds. The maximum absolute atomic E-state index is 11.4. The van der Waals surface area contributed by atoms with E-state index in [2.05, 4.69) is 0 Å². The van der Waals surface area contributed by atoms with Gasteiger partial charge in [-0.15, -0.1) is 0 Å². The minimum Gasteiger partial charge on any atom is -0.459 e. The Bertz CT molecular complexity index is 179. The van der Waals surface area contributed by atoms with Crippen molar-refractivity contribution in [1.29, 1.82) is 0 Å². The maximum Gasteiger partial charge on any atom is 0.308 e. The van der Waals surface area contributed by atoms with E-state index in [0.717, 1.165) is 0 Å². The Morgan fingerprint density at radius 2 is 1.79 bits per heavy atom. The van der Waals surface area contributed by atoms with Crippen LogP contribution in [0.1, 0.15) is 34.6 Å². The van der Waals surface area contributed by atoms with Crippen LogP contribution in [0.15, 0.2) is 0 Å². The van der Waals surface area contributed by atoms with Crippen molar-refractivity contribution in [2.45, 2.75) is 40.7 Å². The lowest BCUT2D eigenvalue weighted by Crippen LogP contribution is -2.36. The molecule has 0 aliphatic heterocycles. The molecule has 14 heavy (non-hydrogen) atoms. The van der Waals surface area contributed by atoms with Gasteiger partial charge in [-0.2, -0.15) is 0 Å². The molecule has 0 heterocycles. The topological polar surface area (TPSA) is 35.5 Å². The molecule has 0 spiro atoms. The second kappa shape index (κ2) is 5.35. The Labute approximate surface area is 86.8 Å². The Morgan fingerprint density at radius 3 is 2.07 bits per heavy atom. The van der Waals surface area contributed by atoms with Gasteiger partial charge < -0.3 is 9.47 Å². The van der Waals surface area contributed by atoms with Crippen molar-refractivity contribution < 1.29 is 14.3 Å². The Hall–Kier alpha value is -0.570. The van der Waals surface area contributed by atoms with Gasteiger partial charge in [0.1, 0.15) is 6.10 Å². The molecule has 0 aliphatic rings. The molecular weight excluding hydrogens is 180 g/mol. The van der Waals surface area contributed by atoms with E-state index in [4.69, 9.17) is 9.47 Å². The van der Waals surface area contributed by atoms with E-state index in [1.165, 1.54) is 0 Å². The molecule has 0 saturated carbocycles. The standard InChI is InChI=1S/C11H22O3/c1-8(2)10(12)14-9(7-13-6)11(3,4)5/h8-9H,7H2,1-6H3. The number of carbonyl (C=O) groups excluding carboxylic acids is 1. The van der Waals surface area contributed by atoms with Crippen LogP contribution in [0.2, 0.25) is 0 Å². The molecular formula is C11H22O3. The first-order chi connectivity index (χ1) is 6.29. The summed E-state index contributed by atoms with van der Waals surface area (Å²) in [5.74, 6) is -0.251. The summed E-state index contributed by atoms with van der Waals surface area (Å²) in [6.07, 6.45) is -0.178. The zero-order chi connectivity index (χ0) is 11.4. The van der Waals surface area contributed by atoms with Gasteiger partial charge in [0.05, 0.1) is 12.5 Å². The summed E-state index contributed by atoms with van der Waals surface area (Å²) >= 11 is 0. The van der Waals surface area contributed by atoms with Crippen LogP contribution >= 0.6 is 0 Å². The SMILES string of the molecule is COCC(OC(=O)C(C)C)C(C)(C)C. The summed E-state index contributed by atoms with van der Waals surface area (Å²) in [7, 11) is 1.61. The van der Waals surface area contributed by atoms with Crippen LogP contribution in [0.3, 0.4) is 0 Å². The second-order valence-corrected chi connectivity index (χ2v) is 4.90. The first-order valence-electron chi connectivity index (χ1n) is 4.98. The Balaban J connectivity index is 4.31. The van der Waals surface area contributed by atoms with Gasteiger partial charge in [-0.1, -0.05) is 34.6 Å². The Kier molecular flexibility index (Phi) is 5.13. The fourth-order valence-corrected chi connectivity index (χ4v) is 0.888. The zero-order valence-corrected chi connectivity index (χ0v) is 10.1. The molecule has 0 fully saturated rings. The van der Waals surface area contributed by atoms with Crippen LogP contribution in [0.25, 0.3) is 0 Å². The van der Waals surface area contributed by atoms with Gasteiger partial charge in [-0.25, -0.2) is 0 Å². The molecule has 84 valence electrons. The van der Waals surface area contributed by atoms with Crippen LogP contribution in [0.5, 0.6) is 0 Å². The highest BCUT2D eigenvalue weighted by atomic mass is 16.6. The number of hydrogen-bond acceptors (Lipinski definition) is 3. The number of hydrogen-bond donors (Lipinski definition) is 0. The van der Waals surface area contributed by atoms with Crippen LogP contribution < -0.4 is 0 Å². The lowest BCUT2D eigenvalue weighted by Gasteiger charge is -2.30. The average Bonchev–Trinajstić information content (AvgIpc) is 2.01. The molecule has 3 nitrogen and oxygen atoms in total. The summed E-state index contributed by atoms with van der Waals surface area (Å²) in [5, 5.41) is 0. The largest absolute Gasteiger partial charge is 0.459 e. The van der Waals surface area contributed by atoms with Crippen molar-refractivity contribution in [1.82, 2.24) is 0 Å². The van der Waals surface area contributed by atoms with Gasteiger partial charge in [0.25, 0.3) is 0 Å². The summed E-state index contributed by atoms with van der Waals surface area (Å²) in [6, 6.07) is 0. The fraction of sp³-hybridized carbons (Fsp3) is 0.909. The van der Waals surface area contributed by atoms with Gasteiger partial charge in [-0.3, -0.25) is 4.79 Å². The Morgan fingerprint density at radius 1 is 1.29 bits per heavy atom. The van der Waals surface area contributed by atoms with Gasteiger partial charge >= 0.3 is 5.97 Å². The predicted octanol–water partition coefficient (Wildman–Crippen LogP) is 2.25. The zero-order valence-electron chi connectivity index (χ0n) is 10.1. The van der Waals surface area contributed by atoms with Crippen molar-refractivity contribution in [3.05, 3.63) is 0 Å². The number of esters is 1. The molecule has 0 bridgehead atoms. The molecule has 1 unspecified atom stereocenters.